The van der Waals surface area contributed by atoms with Gasteiger partial charge < -0.3 is 20.1 Å². The fourth-order valence-corrected chi connectivity index (χ4v) is 4.62. The molecule has 6 rings (SSSR count). The highest BCUT2D eigenvalue weighted by Crippen LogP contribution is 2.29. The third-order valence-electron chi connectivity index (χ3n) is 6.42. The monoisotopic (exact) mass is 481 g/mol. The Kier molecular flexibility index (Phi) is 5.88. The van der Waals surface area contributed by atoms with Crippen LogP contribution in [0.4, 0.5) is 11.8 Å². The summed E-state index contributed by atoms with van der Waals surface area (Å²) in [6.07, 6.45) is 3.41. The van der Waals surface area contributed by atoms with Crippen molar-refractivity contribution in [2.45, 2.75) is 20.4 Å². The number of nitrogens with zero attached hydrogens (tertiary/aromatic N) is 6. The molecule has 10 heteroatoms. The molecule has 3 N–H and O–H groups in total. The van der Waals surface area contributed by atoms with Gasteiger partial charge in [-0.3, -0.25) is 4.90 Å². The van der Waals surface area contributed by atoms with E-state index in [1.807, 2.05) is 44.3 Å². The van der Waals surface area contributed by atoms with Crippen molar-refractivity contribution in [1.82, 2.24) is 40.3 Å². The average Bonchev–Trinajstić information content (AvgIpc) is 3.45. The maximum absolute atomic E-state index is 5.31. The molecule has 1 fully saturated rings. The summed E-state index contributed by atoms with van der Waals surface area (Å²) in [5.41, 5.74) is 7.27. The number of benzene rings is 1. The fraction of sp³-hybridized carbons (Fsp3) is 0.269. The van der Waals surface area contributed by atoms with Gasteiger partial charge in [-0.1, -0.05) is 11.2 Å². The fourth-order valence-electron chi connectivity index (χ4n) is 4.62. The van der Waals surface area contributed by atoms with Crippen molar-refractivity contribution < 1.29 is 4.52 Å². The first kappa shape index (κ1) is 22.3. The maximum atomic E-state index is 5.31. The predicted octanol–water partition coefficient (Wildman–Crippen LogP) is 3.84. The summed E-state index contributed by atoms with van der Waals surface area (Å²) in [7, 11) is 0. The summed E-state index contributed by atoms with van der Waals surface area (Å²) in [6.45, 7) is 8.90. The first-order valence-corrected chi connectivity index (χ1v) is 12.0. The normalized spacial score (nSPS) is 14.4. The molecular weight excluding hydrogens is 454 g/mol. The summed E-state index contributed by atoms with van der Waals surface area (Å²) in [6, 6.07) is 12.1. The lowest BCUT2D eigenvalue weighted by atomic mass is 10.1. The Morgan fingerprint density at radius 2 is 1.86 bits per heavy atom. The molecule has 0 saturated carbocycles. The van der Waals surface area contributed by atoms with Crippen molar-refractivity contribution in [2.24, 2.45) is 0 Å². The molecule has 0 atom stereocenters. The van der Waals surface area contributed by atoms with Gasteiger partial charge in [-0.05, 0) is 49.7 Å². The molecule has 1 aliphatic heterocycles. The number of aryl methyl sites for hydroxylation is 2. The number of anilines is 2. The quantitative estimate of drug-likeness (QED) is 0.332. The third-order valence-corrected chi connectivity index (χ3v) is 6.42. The Morgan fingerprint density at radius 1 is 1.00 bits per heavy atom. The zero-order valence-corrected chi connectivity index (χ0v) is 20.2. The predicted molar refractivity (Wildman–Crippen MR) is 138 cm³/mol. The van der Waals surface area contributed by atoms with E-state index in [0.717, 1.165) is 83.5 Å². The summed E-state index contributed by atoms with van der Waals surface area (Å²) < 4.78 is 5.31. The molecule has 10 nitrogen and oxygen atoms in total. The molecular formula is C26H27N9O. The van der Waals surface area contributed by atoms with Gasteiger partial charge in [0.05, 0.1) is 33.7 Å². The summed E-state index contributed by atoms with van der Waals surface area (Å²) in [5, 5.41) is 10.8. The molecule has 5 aromatic rings. The van der Waals surface area contributed by atoms with Gasteiger partial charge in [0.25, 0.3) is 0 Å². The smallest absolute Gasteiger partial charge is 0.206 e. The van der Waals surface area contributed by atoms with Gasteiger partial charge in [0, 0.05) is 44.5 Å². The molecule has 36 heavy (non-hydrogen) atoms. The van der Waals surface area contributed by atoms with E-state index in [0.29, 0.717) is 5.95 Å². The Bertz CT molecular complexity index is 1500. The van der Waals surface area contributed by atoms with E-state index in [4.69, 9.17) is 9.51 Å². The molecule has 0 aliphatic carbocycles. The van der Waals surface area contributed by atoms with Gasteiger partial charge in [0.1, 0.15) is 17.9 Å². The summed E-state index contributed by atoms with van der Waals surface area (Å²) in [5.74, 6) is 2.15. The van der Waals surface area contributed by atoms with Crippen LogP contribution in [0.1, 0.15) is 17.0 Å². The van der Waals surface area contributed by atoms with Crippen LogP contribution in [0.5, 0.6) is 0 Å². The molecule has 0 amide bonds. The number of aromatic nitrogens is 6. The van der Waals surface area contributed by atoms with Crippen LogP contribution in [0.25, 0.3) is 33.5 Å². The number of imidazole rings is 1. The van der Waals surface area contributed by atoms with Crippen LogP contribution in [0, 0.1) is 13.8 Å². The first-order chi connectivity index (χ1) is 17.6. The zero-order valence-electron chi connectivity index (χ0n) is 20.2. The zero-order chi connectivity index (χ0) is 24.5. The largest absolute Gasteiger partial charge is 0.361 e. The topological polar surface area (TPSA) is 121 Å². The van der Waals surface area contributed by atoms with Crippen molar-refractivity contribution >= 4 is 22.8 Å². The lowest BCUT2D eigenvalue weighted by Crippen LogP contribution is -2.42. The molecule has 0 unspecified atom stereocenters. The molecule has 0 spiro atoms. The van der Waals surface area contributed by atoms with Gasteiger partial charge in [-0.15, -0.1) is 0 Å². The second-order valence-corrected chi connectivity index (χ2v) is 9.01. The minimum absolute atomic E-state index is 0.646. The van der Waals surface area contributed by atoms with Crippen molar-refractivity contribution in [1.29, 1.82) is 0 Å². The molecule has 1 aliphatic rings. The Balaban J connectivity index is 1.23. The Labute approximate surface area is 208 Å². The molecule has 5 heterocycles. The number of aromatic amines is 1. The Morgan fingerprint density at radius 3 is 2.69 bits per heavy atom. The van der Waals surface area contributed by atoms with Crippen LogP contribution in [-0.4, -0.2) is 61.2 Å². The number of nitrogens with one attached hydrogen (secondary N) is 3. The van der Waals surface area contributed by atoms with Crippen LogP contribution in [-0.2, 0) is 6.54 Å². The lowest BCUT2D eigenvalue weighted by molar-refractivity contribution is 0.233. The SMILES string of the molecule is Cc1noc(C)c1-c1cc(-c2ccc3nc(Nc4cc(CN5CCNCC5)ccn4)[nH]c3c2)ncn1. The van der Waals surface area contributed by atoms with Crippen LogP contribution >= 0.6 is 0 Å². The van der Waals surface area contributed by atoms with E-state index >= 15 is 0 Å². The van der Waals surface area contributed by atoms with Crippen molar-refractivity contribution in [2.75, 3.05) is 31.5 Å². The van der Waals surface area contributed by atoms with Gasteiger partial charge in [-0.25, -0.2) is 19.9 Å². The van der Waals surface area contributed by atoms with Crippen molar-refractivity contribution in [3.05, 3.63) is 65.9 Å². The number of pyridine rings is 1. The van der Waals surface area contributed by atoms with E-state index in [-0.39, 0.29) is 0 Å². The molecule has 0 bridgehead atoms. The molecule has 1 saturated heterocycles. The maximum Gasteiger partial charge on any atom is 0.206 e. The number of piperazine rings is 1. The van der Waals surface area contributed by atoms with E-state index in [2.05, 4.69) is 52.8 Å². The van der Waals surface area contributed by atoms with Crippen LogP contribution in [0.15, 0.2) is 53.4 Å². The molecule has 0 radical (unpaired) electrons. The van der Waals surface area contributed by atoms with Gasteiger partial charge in [-0.2, -0.15) is 0 Å². The van der Waals surface area contributed by atoms with Crippen LogP contribution in [0.2, 0.25) is 0 Å². The van der Waals surface area contributed by atoms with E-state index < -0.39 is 0 Å². The highest BCUT2D eigenvalue weighted by atomic mass is 16.5. The van der Waals surface area contributed by atoms with Crippen molar-refractivity contribution in [3.63, 3.8) is 0 Å². The molecule has 4 aromatic heterocycles. The van der Waals surface area contributed by atoms with Gasteiger partial charge in [0.15, 0.2) is 0 Å². The van der Waals surface area contributed by atoms with Gasteiger partial charge in [0.2, 0.25) is 5.95 Å². The minimum Gasteiger partial charge on any atom is -0.361 e. The lowest BCUT2D eigenvalue weighted by Gasteiger charge is -2.27. The van der Waals surface area contributed by atoms with Crippen LogP contribution in [0.3, 0.4) is 0 Å². The number of H-pyrrole nitrogens is 1. The average molecular weight is 482 g/mol. The highest BCUT2D eigenvalue weighted by Gasteiger charge is 2.15. The number of rotatable bonds is 6. The second kappa shape index (κ2) is 9.48. The van der Waals surface area contributed by atoms with E-state index in [9.17, 15) is 0 Å². The van der Waals surface area contributed by atoms with E-state index in [1.165, 1.54) is 5.56 Å². The van der Waals surface area contributed by atoms with Crippen LogP contribution < -0.4 is 10.6 Å². The Hall–Kier alpha value is -4.15. The highest BCUT2D eigenvalue weighted by molar-refractivity contribution is 5.84. The standard InChI is InChI=1S/C26H27N9O/c1-16-25(17(2)36-34-16)23-13-21(29-15-30-23)19-3-4-20-22(12-19)32-26(31-20)33-24-11-18(5-6-28-24)14-35-9-7-27-8-10-35/h3-6,11-13,15,27H,7-10,14H2,1-2H3,(H2,28,31,32,33). The summed E-state index contributed by atoms with van der Waals surface area (Å²) >= 11 is 0. The number of hydrogen-bond donors (Lipinski definition) is 3. The van der Waals surface area contributed by atoms with E-state index in [1.54, 1.807) is 6.33 Å². The first-order valence-electron chi connectivity index (χ1n) is 12.0. The third kappa shape index (κ3) is 4.56. The van der Waals surface area contributed by atoms with Crippen molar-refractivity contribution in [3.8, 4) is 22.5 Å². The molecule has 1 aromatic carbocycles. The molecule has 182 valence electrons. The number of fused-ring (bicyclic) bond motifs is 1. The second-order valence-electron chi connectivity index (χ2n) is 9.01. The number of hydrogen-bond acceptors (Lipinski definition) is 9. The summed E-state index contributed by atoms with van der Waals surface area (Å²) in [4.78, 5) is 23.9. The van der Waals surface area contributed by atoms with Gasteiger partial charge >= 0.3 is 0 Å². The minimum atomic E-state index is 0.646.